The van der Waals surface area contributed by atoms with Gasteiger partial charge in [0.05, 0.1) is 25.2 Å². The van der Waals surface area contributed by atoms with Gasteiger partial charge in [0.15, 0.2) is 0 Å². The molecule has 1 aliphatic rings. The van der Waals surface area contributed by atoms with Crippen LogP contribution in [0.4, 0.5) is 17.6 Å². The van der Waals surface area contributed by atoms with Crippen molar-refractivity contribution in [2.75, 3.05) is 6.61 Å². The van der Waals surface area contributed by atoms with E-state index in [2.05, 4.69) is 28.6 Å². The maximum Gasteiger partial charge on any atom is 0.387 e. The molecular weight excluding hydrogens is 382 g/mol. The second-order valence-electron chi connectivity index (χ2n) is 7.77. The molecule has 2 N–H and O–H groups in total. The Bertz CT molecular complexity index is 649. The first kappa shape index (κ1) is 22.4. The number of benzene rings is 1. The van der Waals surface area contributed by atoms with E-state index in [-0.39, 0.29) is 29.1 Å². The second kappa shape index (κ2) is 9.56. The van der Waals surface area contributed by atoms with Crippen LogP contribution in [0.2, 0.25) is 0 Å². The van der Waals surface area contributed by atoms with Crippen LogP contribution in [0.5, 0.6) is 5.75 Å². The van der Waals surface area contributed by atoms with E-state index in [1.807, 2.05) is 0 Å². The third kappa shape index (κ3) is 6.94. The number of carbonyl (C=O) groups is 1. The zero-order valence-electron chi connectivity index (χ0n) is 15.7. The maximum atomic E-state index is 12.4. The van der Waals surface area contributed by atoms with Crippen molar-refractivity contribution in [3.05, 3.63) is 29.8 Å². The highest BCUT2D eigenvalue weighted by Gasteiger charge is 2.40. The minimum atomic E-state index is -3.05. The first-order valence-corrected chi connectivity index (χ1v) is 8.98. The monoisotopic (exact) mass is 407 g/mol. The van der Waals surface area contributed by atoms with Gasteiger partial charge in [-0.2, -0.15) is 17.6 Å². The van der Waals surface area contributed by atoms with Crippen LogP contribution >= 0.6 is 0 Å². The van der Waals surface area contributed by atoms with Gasteiger partial charge >= 0.3 is 13.2 Å². The standard InChI is InChI=1S/C19H25F4NO4/c1-19(2)8-12(9-19)15(25)7-16(26)24-14(10-27-17(20)21)11-4-3-5-13(6-11)28-18(22)23/h3-6,12,14-15,17-18,25H,7-10H2,1-2H3,(H,24,26)/t14-,15?/m0/s1. The average Bonchev–Trinajstić information content (AvgIpc) is 2.55. The number of aliphatic hydroxyl groups excluding tert-OH is 1. The molecule has 0 bridgehead atoms. The third-order valence-corrected chi connectivity index (χ3v) is 4.78. The van der Waals surface area contributed by atoms with Crippen LogP contribution < -0.4 is 10.1 Å². The Labute approximate surface area is 161 Å². The minimum Gasteiger partial charge on any atom is -0.435 e. The topological polar surface area (TPSA) is 67.8 Å². The zero-order chi connectivity index (χ0) is 20.9. The first-order valence-electron chi connectivity index (χ1n) is 8.98. The summed E-state index contributed by atoms with van der Waals surface area (Å²) in [7, 11) is 0. The molecule has 0 aliphatic heterocycles. The number of carbonyl (C=O) groups excluding carboxylic acids is 1. The molecule has 158 valence electrons. The molecule has 1 unspecified atom stereocenters. The fourth-order valence-corrected chi connectivity index (χ4v) is 3.54. The highest BCUT2D eigenvalue weighted by atomic mass is 19.3. The van der Waals surface area contributed by atoms with E-state index in [0.717, 1.165) is 12.8 Å². The molecule has 0 heterocycles. The molecule has 1 aliphatic carbocycles. The lowest BCUT2D eigenvalue weighted by Crippen LogP contribution is -2.42. The smallest absolute Gasteiger partial charge is 0.387 e. The molecule has 0 saturated heterocycles. The van der Waals surface area contributed by atoms with Gasteiger partial charge in [-0.05, 0) is 41.9 Å². The largest absolute Gasteiger partial charge is 0.435 e. The van der Waals surface area contributed by atoms with Crippen LogP contribution in [-0.2, 0) is 9.53 Å². The van der Waals surface area contributed by atoms with Crippen LogP contribution in [0, 0.1) is 11.3 Å². The fraction of sp³-hybridized carbons (Fsp3) is 0.632. The fourth-order valence-electron chi connectivity index (χ4n) is 3.54. The van der Waals surface area contributed by atoms with Crippen LogP contribution in [0.15, 0.2) is 24.3 Å². The predicted octanol–water partition coefficient (Wildman–Crippen LogP) is 3.87. The Morgan fingerprint density at radius 2 is 1.93 bits per heavy atom. The van der Waals surface area contributed by atoms with Crippen LogP contribution in [-0.4, -0.2) is 36.9 Å². The SMILES string of the molecule is CC1(C)CC(C(O)CC(=O)N[C@@H](COC(F)F)c2cccc(OC(F)F)c2)C1. The molecule has 1 aromatic carbocycles. The van der Waals surface area contributed by atoms with Crippen molar-refractivity contribution in [3.63, 3.8) is 0 Å². The summed E-state index contributed by atoms with van der Waals surface area (Å²) in [6.07, 6.45) is 0.580. The van der Waals surface area contributed by atoms with Crippen LogP contribution in [0.3, 0.4) is 0 Å². The summed E-state index contributed by atoms with van der Waals surface area (Å²) in [5.74, 6) is -0.694. The van der Waals surface area contributed by atoms with Crippen molar-refractivity contribution in [2.45, 2.75) is 58.5 Å². The van der Waals surface area contributed by atoms with Gasteiger partial charge in [-0.15, -0.1) is 0 Å². The molecule has 0 aromatic heterocycles. The van der Waals surface area contributed by atoms with Crippen molar-refractivity contribution in [1.29, 1.82) is 0 Å². The van der Waals surface area contributed by atoms with E-state index in [1.54, 1.807) is 0 Å². The summed E-state index contributed by atoms with van der Waals surface area (Å²) in [6, 6.07) is 4.37. The van der Waals surface area contributed by atoms with E-state index < -0.39 is 37.9 Å². The zero-order valence-corrected chi connectivity index (χ0v) is 15.7. The van der Waals surface area contributed by atoms with E-state index in [9.17, 15) is 27.5 Å². The number of aliphatic hydroxyl groups is 1. The normalized spacial score (nSPS) is 18.6. The molecule has 1 amide bonds. The van der Waals surface area contributed by atoms with Gasteiger partial charge in [-0.3, -0.25) is 4.79 Å². The molecule has 1 fully saturated rings. The third-order valence-electron chi connectivity index (χ3n) is 4.78. The summed E-state index contributed by atoms with van der Waals surface area (Å²) in [6.45, 7) is -2.51. The van der Waals surface area contributed by atoms with Gasteiger partial charge in [-0.25, -0.2) is 0 Å². The minimum absolute atomic E-state index is 0.0132. The van der Waals surface area contributed by atoms with Crippen molar-refractivity contribution in [1.82, 2.24) is 5.32 Å². The van der Waals surface area contributed by atoms with Crippen molar-refractivity contribution >= 4 is 5.91 Å². The molecule has 2 atom stereocenters. The summed E-state index contributed by atoms with van der Waals surface area (Å²) in [5, 5.41) is 12.7. The molecule has 5 nitrogen and oxygen atoms in total. The molecular formula is C19H25F4NO4. The lowest BCUT2D eigenvalue weighted by molar-refractivity contribution is -0.140. The molecule has 28 heavy (non-hydrogen) atoms. The molecule has 2 rings (SSSR count). The van der Waals surface area contributed by atoms with Crippen molar-refractivity contribution in [3.8, 4) is 5.75 Å². The quantitative estimate of drug-likeness (QED) is 0.578. The number of hydrogen-bond donors (Lipinski definition) is 2. The predicted molar refractivity (Wildman–Crippen MR) is 93.0 cm³/mol. The molecule has 0 radical (unpaired) electrons. The Hall–Kier alpha value is -1.87. The van der Waals surface area contributed by atoms with Crippen LogP contribution in [0.1, 0.15) is 44.7 Å². The molecule has 1 saturated carbocycles. The van der Waals surface area contributed by atoms with E-state index >= 15 is 0 Å². The number of nitrogens with one attached hydrogen (secondary N) is 1. The van der Waals surface area contributed by atoms with Crippen molar-refractivity contribution in [2.24, 2.45) is 11.3 Å². The molecule has 1 aromatic rings. The second-order valence-corrected chi connectivity index (χ2v) is 7.77. The number of halogens is 4. The van der Waals surface area contributed by atoms with E-state index in [4.69, 9.17) is 0 Å². The van der Waals surface area contributed by atoms with E-state index in [1.165, 1.54) is 24.3 Å². The number of alkyl halides is 4. The maximum absolute atomic E-state index is 12.4. The Kier molecular flexibility index (Phi) is 7.65. The van der Waals surface area contributed by atoms with Gasteiger partial charge in [0.2, 0.25) is 5.91 Å². The first-order chi connectivity index (χ1) is 13.1. The Morgan fingerprint density at radius 3 is 2.50 bits per heavy atom. The van der Waals surface area contributed by atoms with Gasteiger partial charge in [0.1, 0.15) is 5.75 Å². The number of amides is 1. The number of ether oxygens (including phenoxy) is 2. The number of rotatable bonds is 10. The van der Waals surface area contributed by atoms with Gasteiger partial charge in [0, 0.05) is 0 Å². The van der Waals surface area contributed by atoms with Crippen molar-refractivity contribution < 1.29 is 36.9 Å². The summed E-state index contributed by atoms with van der Waals surface area (Å²) in [4.78, 5) is 12.3. The highest BCUT2D eigenvalue weighted by molar-refractivity contribution is 5.77. The summed E-state index contributed by atoms with van der Waals surface area (Å²) >= 11 is 0. The van der Waals surface area contributed by atoms with Gasteiger partial charge in [0.25, 0.3) is 0 Å². The summed E-state index contributed by atoms with van der Waals surface area (Å²) < 4.78 is 58.2. The lowest BCUT2D eigenvalue weighted by atomic mass is 9.62. The van der Waals surface area contributed by atoms with Crippen LogP contribution in [0.25, 0.3) is 0 Å². The Balaban J connectivity index is 2.01. The summed E-state index contributed by atoms with van der Waals surface area (Å²) in [5.41, 5.74) is 0.410. The van der Waals surface area contributed by atoms with E-state index in [0.29, 0.717) is 0 Å². The average molecular weight is 407 g/mol. The van der Waals surface area contributed by atoms with Gasteiger partial charge in [-0.1, -0.05) is 26.0 Å². The molecule has 9 heteroatoms. The van der Waals surface area contributed by atoms with Gasteiger partial charge < -0.3 is 19.9 Å². The molecule has 0 spiro atoms. The lowest BCUT2D eigenvalue weighted by Gasteiger charge is -2.44. The number of hydrogen-bond acceptors (Lipinski definition) is 4. The Morgan fingerprint density at radius 1 is 1.25 bits per heavy atom. The highest BCUT2D eigenvalue weighted by Crippen LogP contribution is 2.46.